The molecule has 3 aliphatic heterocycles. The molecule has 28 heavy (non-hydrogen) atoms. The first kappa shape index (κ1) is 19.2. The topological polar surface area (TPSA) is 59.1 Å². The number of carbonyl (C=O) groups excluding carboxylic acids is 2. The Morgan fingerprint density at radius 1 is 1.21 bits per heavy atom. The Balaban J connectivity index is 1.66. The van der Waals surface area contributed by atoms with Crippen LogP contribution >= 0.6 is 0 Å². The van der Waals surface area contributed by atoms with Crippen LogP contribution in [0.5, 0.6) is 0 Å². The molecule has 4 unspecified atom stereocenters. The Morgan fingerprint density at radius 3 is 2.71 bits per heavy atom. The zero-order valence-corrected chi connectivity index (χ0v) is 17.3. The van der Waals surface area contributed by atoms with Crippen LogP contribution in [0.4, 0.5) is 10.5 Å². The third-order valence-electron chi connectivity index (χ3n) is 6.15. The third-order valence-corrected chi connectivity index (χ3v) is 6.15. The van der Waals surface area contributed by atoms with Gasteiger partial charge in [-0.05, 0) is 37.0 Å². The lowest BCUT2D eigenvalue weighted by atomic mass is 10.0. The number of urea groups is 1. The van der Waals surface area contributed by atoms with Gasteiger partial charge in [-0.15, -0.1) is 0 Å². The lowest BCUT2D eigenvalue weighted by Crippen LogP contribution is -2.66. The summed E-state index contributed by atoms with van der Waals surface area (Å²) in [6.07, 6.45) is 1.42. The number of anilines is 1. The molecule has 4 atom stereocenters. The highest BCUT2D eigenvalue weighted by atomic mass is 16.2. The number of hydrogen-bond acceptors (Lipinski definition) is 5. The molecule has 0 aliphatic carbocycles. The number of nitrogens with one attached hydrogen (secondary N) is 1. The van der Waals surface area contributed by atoms with E-state index in [4.69, 9.17) is 0 Å². The van der Waals surface area contributed by atoms with Crippen LogP contribution in [0.2, 0.25) is 0 Å². The van der Waals surface area contributed by atoms with Crippen molar-refractivity contribution in [2.45, 2.75) is 52.1 Å². The molecule has 4 rings (SSSR count). The Labute approximate surface area is 167 Å². The van der Waals surface area contributed by atoms with E-state index in [1.54, 1.807) is 11.9 Å². The molecule has 3 heterocycles. The molecule has 0 spiro atoms. The van der Waals surface area contributed by atoms with Gasteiger partial charge in [0.1, 0.15) is 18.5 Å². The third kappa shape index (κ3) is 3.06. The van der Waals surface area contributed by atoms with Gasteiger partial charge in [-0.3, -0.25) is 19.9 Å². The van der Waals surface area contributed by atoms with Gasteiger partial charge in [0.15, 0.2) is 0 Å². The van der Waals surface area contributed by atoms with Crippen LogP contribution in [0.3, 0.4) is 0 Å². The summed E-state index contributed by atoms with van der Waals surface area (Å²) in [5.74, 6) is 0.368. The molecule has 0 saturated carbocycles. The lowest BCUT2D eigenvalue weighted by Gasteiger charge is -2.46. The molecule has 152 valence electrons. The summed E-state index contributed by atoms with van der Waals surface area (Å²) in [7, 11) is 1.80. The quantitative estimate of drug-likeness (QED) is 0.859. The molecule has 7 nitrogen and oxygen atoms in total. The molecule has 3 amide bonds. The fraction of sp³-hybridized carbons (Fsp3) is 0.619. The smallest absolute Gasteiger partial charge is 0.327 e. The van der Waals surface area contributed by atoms with Gasteiger partial charge < -0.3 is 9.80 Å². The van der Waals surface area contributed by atoms with E-state index in [2.05, 4.69) is 60.2 Å². The van der Waals surface area contributed by atoms with Crippen molar-refractivity contribution in [3.8, 4) is 0 Å². The molecular formula is C21H31N5O2. The van der Waals surface area contributed by atoms with Crippen LogP contribution < -0.4 is 10.2 Å². The first-order valence-corrected chi connectivity index (χ1v) is 10.4. The number of rotatable bonds is 4. The number of hydrogen-bond donors (Lipinski definition) is 1. The van der Waals surface area contributed by atoms with Crippen LogP contribution in [0.25, 0.3) is 0 Å². The van der Waals surface area contributed by atoms with Crippen molar-refractivity contribution in [2.24, 2.45) is 5.92 Å². The van der Waals surface area contributed by atoms with Crippen molar-refractivity contribution >= 4 is 17.6 Å². The number of benzene rings is 1. The van der Waals surface area contributed by atoms with Crippen LogP contribution in [0, 0.1) is 12.8 Å². The van der Waals surface area contributed by atoms with E-state index in [0.717, 1.165) is 31.6 Å². The summed E-state index contributed by atoms with van der Waals surface area (Å²) < 4.78 is 0. The molecule has 3 aliphatic rings. The molecule has 7 heteroatoms. The number of unbranched alkanes of at least 4 members (excludes halogenated alkanes) is 1. The molecule has 3 fully saturated rings. The minimum Gasteiger partial charge on any atom is -0.343 e. The summed E-state index contributed by atoms with van der Waals surface area (Å²) in [5, 5.41) is 3.58. The second-order valence-electron chi connectivity index (χ2n) is 8.46. The van der Waals surface area contributed by atoms with E-state index in [9.17, 15) is 9.59 Å². The number of amides is 3. The highest BCUT2D eigenvalue weighted by molar-refractivity contribution is 6.00. The maximum absolute atomic E-state index is 13.3. The van der Waals surface area contributed by atoms with E-state index in [1.165, 1.54) is 10.5 Å². The molecule has 3 saturated heterocycles. The number of aryl methyl sites for hydroxylation is 1. The van der Waals surface area contributed by atoms with Crippen molar-refractivity contribution in [1.29, 1.82) is 0 Å². The van der Waals surface area contributed by atoms with Crippen LogP contribution in [0.15, 0.2) is 24.3 Å². The normalized spacial score (nSPS) is 30.6. The summed E-state index contributed by atoms with van der Waals surface area (Å²) >= 11 is 0. The van der Waals surface area contributed by atoms with Gasteiger partial charge in [0.2, 0.25) is 0 Å². The van der Waals surface area contributed by atoms with Crippen molar-refractivity contribution in [2.75, 3.05) is 31.6 Å². The average Bonchev–Trinajstić information content (AvgIpc) is 3.05. The number of nitrogens with zero attached hydrogens (tertiary/aromatic N) is 4. The molecule has 1 aromatic rings. The fourth-order valence-corrected chi connectivity index (χ4v) is 4.75. The van der Waals surface area contributed by atoms with Gasteiger partial charge in [-0.2, -0.15) is 0 Å². The van der Waals surface area contributed by atoms with Crippen molar-refractivity contribution in [1.82, 2.24) is 20.0 Å². The standard InChI is InChI=1S/C21H31N5O2/c1-5-6-10-24-19(27)17-18(23(4)21(24)28)22-20-25(12-15(3)13-26(17)20)16-9-7-8-14(2)11-16/h7-9,11,15,17-18,20,22H,5-6,10,12-13H2,1-4H3. The monoisotopic (exact) mass is 385 g/mol. The Kier molecular flexibility index (Phi) is 5.05. The van der Waals surface area contributed by atoms with E-state index < -0.39 is 0 Å². The van der Waals surface area contributed by atoms with E-state index in [1.807, 2.05) is 0 Å². The van der Waals surface area contributed by atoms with Crippen LogP contribution in [0.1, 0.15) is 32.3 Å². The zero-order chi connectivity index (χ0) is 20.0. The van der Waals surface area contributed by atoms with Gasteiger partial charge in [0.05, 0.1) is 0 Å². The fourth-order valence-electron chi connectivity index (χ4n) is 4.75. The molecule has 0 bridgehead atoms. The van der Waals surface area contributed by atoms with Crippen molar-refractivity contribution < 1.29 is 9.59 Å². The maximum atomic E-state index is 13.3. The second-order valence-corrected chi connectivity index (χ2v) is 8.46. The average molecular weight is 386 g/mol. The second kappa shape index (κ2) is 7.37. The van der Waals surface area contributed by atoms with Gasteiger partial charge in [-0.25, -0.2) is 4.79 Å². The number of imide groups is 1. The number of likely N-dealkylation sites (N-methyl/N-ethyl adjacent to an activating group) is 1. The molecule has 1 aromatic carbocycles. The molecule has 0 radical (unpaired) electrons. The number of carbonyl (C=O) groups is 2. The molecule has 1 N–H and O–H groups in total. The van der Waals surface area contributed by atoms with Crippen LogP contribution in [-0.4, -0.2) is 71.8 Å². The minimum atomic E-state index is -0.334. The summed E-state index contributed by atoms with van der Waals surface area (Å²) in [6, 6.07) is 7.95. The van der Waals surface area contributed by atoms with Gasteiger partial charge >= 0.3 is 6.03 Å². The summed E-state index contributed by atoms with van der Waals surface area (Å²) in [6.45, 7) is 8.66. The Morgan fingerprint density at radius 2 is 2.00 bits per heavy atom. The van der Waals surface area contributed by atoms with Gasteiger partial charge in [0, 0.05) is 32.4 Å². The SMILES string of the molecule is CCCCN1C(=O)C2C(NC3N(c4cccc(C)c4)CC(C)CN23)N(C)C1=O. The first-order valence-electron chi connectivity index (χ1n) is 10.4. The summed E-state index contributed by atoms with van der Waals surface area (Å²) in [4.78, 5) is 33.9. The Hall–Kier alpha value is -2.12. The molecule has 0 aromatic heterocycles. The largest absolute Gasteiger partial charge is 0.343 e. The summed E-state index contributed by atoms with van der Waals surface area (Å²) in [5.41, 5.74) is 2.36. The van der Waals surface area contributed by atoms with Gasteiger partial charge in [0.25, 0.3) is 5.91 Å². The maximum Gasteiger partial charge on any atom is 0.327 e. The molecular weight excluding hydrogens is 354 g/mol. The van der Waals surface area contributed by atoms with Gasteiger partial charge in [-0.1, -0.05) is 32.4 Å². The zero-order valence-electron chi connectivity index (χ0n) is 17.3. The van der Waals surface area contributed by atoms with Crippen molar-refractivity contribution in [3.05, 3.63) is 29.8 Å². The van der Waals surface area contributed by atoms with E-state index in [0.29, 0.717) is 12.5 Å². The van der Waals surface area contributed by atoms with Crippen molar-refractivity contribution in [3.63, 3.8) is 0 Å². The van der Waals surface area contributed by atoms with Crippen LogP contribution in [-0.2, 0) is 4.79 Å². The predicted molar refractivity (Wildman–Crippen MR) is 109 cm³/mol. The number of fused-ring (bicyclic) bond motifs is 3. The highest BCUT2D eigenvalue weighted by Crippen LogP contribution is 2.34. The predicted octanol–water partition coefficient (Wildman–Crippen LogP) is 2.03. The van der Waals surface area contributed by atoms with E-state index in [-0.39, 0.29) is 30.4 Å². The highest BCUT2D eigenvalue weighted by Gasteiger charge is 2.56. The van der Waals surface area contributed by atoms with E-state index >= 15 is 0 Å². The minimum absolute atomic E-state index is 0.0603. The first-order chi connectivity index (χ1) is 13.4. The Bertz CT molecular complexity index is 769. The lowest BCUT2D eigenvalue weighted by molar-refractivity contribution is -0.138.